The summed E-state index contributed by atoms with van der Waals surface area (Å²) in [7, 11) is 0. The molecule has 0 saturated heterocycles. The van der Waals surface area contributed by atoms with Crippen molar-refractivity contribution in [1.29, 1.82) is 0 Å². The highest BCUT2D eigenvalue weighted by Gasteiger charge is 2.11. The van der Waals surface area contributed by atoms with Gasteiger partial charge in [0.05, 0.1) is 25.6 Å². The number of hydrogen-bond donors (Lipinski definition) is 0. The maximum Gasteiger partial charge on any atom is 0.129 e. The van der Waals surface area contributed by atoms with Crippen molar-refractivity contribution in [3.63, 3.8) is 0 Å². The van der Waals surface area contributed by atoms with E-state index in [0.29, 0.717) is 0 Å². The maximum atomic E-state index is 5.44. The average molecular weight is 286 g/mol. The largest absolute Gasteiger partial charge is 0.468 e. The van der Waals surface area contributed by atoms with Gasteiger partial charge in [0.15, 0.2) is 0 Å². The molecule has 0 radical (unpaired) electrons. The van der Waals surface area contributed by atoms with Gasteiger partial charge in [-0.3, -0.25) is 4.90 Å². The van der Waals surface area contributed by atoms with Gasteiger partial charge in [-0.2, -0.15) is 0 Å². The fraction of sp³-hybridized carbons (Fsp3) is 0.333. The Morgan fingerprint density at radius 1 is 1.10 bits per heavy atom. The molecule has 0 aromatic carbocycles. The molecule has 0 N–H and O–H groups in total. The second-order valence-electron chi connectivity index (χ2n) is 4.94. The number of aromatic nitrogens is 3. The first-order chi connectivity index (χ1) is 10.3. The van der Waals surface area contributed by atoms with Crippen LogP contribution in [0.4, 0.5) is 0 Å². The Balaban J connectivity index is 1.64. The van der Waals surface area contributed by atoms with E-state index in [9.17, 15) is 0 Å². The molecule has 3 aromatic rings. The highest BCUT2D eigenvalue weighted by Crippen LogP contribution is 2.11. The highest BCUT2D eigenvalue weighted by atomic mass is 16.3. The molecule has 0 spiro atoms. The van der Waals surface area contributed by atoms with Crippen LogP contribution in [0.1, 0.15) is 17.3 Å². The molecule has 21 heavy (non-hydrogen) atoms. The van der Waals surface area contributed by atoms with E-state index < -0.39 is 0 Å². The second-order valence-corrected chi connectivity index (χ2v) is 4.94. The zero-order valence-electron chi connectivity index (χ0n) is 12.0. The minimum Gasteiger partial charge on any atom is -0.468 e. The van der Waals surface area contributed by atoms with E-state index in [1.807, 2.05) is 35.8 Å². The number of rotatable bonds is 7. The van der Waals surface area contributed by atoms with Gasteiger partial charge in [-0.15, -0.1) is 10.2 Å². The van der Waals surface area contributed by atoms with Crippen molar-refractivity contribution >= 4 is 0 Å². The molecule has 3 rings (SSSR count). The smallest absolute Gasteiger partial charge is 0.129 e. The third-order valence-electron chi connectivity index (χ3n) is 3.39. The van der Waals surface area contributed by atoms with Crippen LogP contribution in [-0.4, -0.2) is 26.2 Å². The molecule has 0 aliphatic carbocycles. The number of nitrogens with zero attached hydrogens (tertiary/aromatic N) is 4. The van der Waals surface area contributed by atoms with Crippen molar-refractivity contribution in [2.75, 3.05) is 6.54 Å². The summed E-state index contributed by atoms with van der Waals surface area (Å²) in [6.45, 7) is 5.14. The Morgan fingerprint density at radius 3 is 2.24 bits per heavy atom. The van der Waals surface area contributed by atoms with E-state index in [4.69, 9.17) is 8.83 Å². The zero-order chi connectivity index (χ0) is 14.5. The maximum absolute atomic E-state index is 5.44. The molecular weight excluding hydrogens is 268 g/mol. The van der Waals surface area contributed by atoms with Crippen LogP contribution in [0, 0.1) is 6.92 Å². The summed E-state index contributed by atoms with van der Waals surface area (Å²) < 4.78 is 12.9. The van der Waals surface area contributed by atoms with Crippen LogP contribution in [0.15, 0.2) is 52.0 Å². The lowest BCUT2D eigenvalue weighted by Crippen LogP contribution is -2.26. The highest BCUT2D eigenvalue weighted by molar-refractivity contribution is 5.01. The minimum atomic E-state index is 0.745. The summed E-state index contributed by atoms with van der Waals surface area (Å²) in [5.74, 6) is 2.81. The monoisotopic (exact) mass is 286 g/mol. The van der Waals surface area contributed by atoms with Crippen molar-refractivity contribution in [3.8, 4) is 0 Å². The van der Waals surface area contributed by atoms with Crippen LogP contribution < -0.4 is 0 Å². The Morgan fingerprint density at radius 2 is 1.76 bits per heavy atom. The molecule has 0 atom stereocenters. The van der Waals surface area contributed by atoms with Gasteiger partial charge in [0.1, 0.15) is 23.7 Å². The van der Waals surface area contributed by atoms with E-state index >= 15 is 0 Å². The van der Waals surface area contributed by atoms with E-state index in [2.05, 4.69) is 15.1 Å². The average Bonchev–Trinajstić information content (AvgIpc) is 3.19. The van der Waals surface area contributed by atoms with Gasteiger partial charge < -0.3 is 13.4 Å². The molecule has 3 heterocycles. The first kappa shape index (κ1) is 13.6. The Kier molecular flexibility index (Phi) is 4.16. The van der Waals surface area contributed by atoms with Gasteiger partial charge in [0.2, 0.25) is 0 Å². The lowest BCUT2D eigenvalue weighted by Gasteiger charge is -2.20. The molecule has 0 aliphatic rings. The molecule has 0 bridgehead atoms. The lowest BCUT2D eigenvalue weighted by atomic mass is 10.3. The Hall–Kier alpha value is -2.34. The van der Waals surface area contributed by atoms with Crippen LogP contribution in [0.2, 0.25) is 0 Å². The summed E-state index contributed by atoms with van der Waals surface area (Å²) in [5, 5.41) is 7.91. The molecule has 6 heteroatoms. The summed E-state index contributed by atoms with van der Waals surface area (Å²) >= 11 is 0. The summed E-state index contributed by atoms with van der Waals surface area (Å²) in [6.07, 6.45) is 5.15. The van der Waals surface area contributed by atoms with Crippen molar-refractivity contribution in [2.24, 2.45) is 0 Å². The third kappa shape index (κ3) is 3.61. The van der Waals surface area contributed by atoms with Crippen LogP contribution in [0.25, 0.3) is 0 Å². The lowest BCUT2D eigenvalue weighted by molar-refractivity contribution is 0.209. The predicted octanol–water partition coefficient (Wildman–Crippen LogP) is 2.47. The standard InChI is InChI=1S/C15H18N4O2/c1-13-17-16-12-19(13)7-6-18(10-14-4-2-8-20-14)11-15-5-3-9-21-15/h2-5,8-9,12H,6-7,10-11H2,1H3. The summed E-state index contributed by atoms with van der Waals surface area (Å²) in [6, 6.07) is 7.78. The molecule has 0 saturated carbocycles. The van der Waals surface area contributed by atoms with Crippen molar-refractivity contribution in [2.45, 2.75) is 26.6 Å². The number of hydrogen-bond acceptors (Lipinski definition) is 5. The molecular formula is C15H18N4O2. The van der Waals surface area contributed by atoms with Crippen molar-refractivity contribution in [3.05, 3.63) is 60.5 Å². The summed E-state index contributed by atoms with van der Waals surface area (Å²) in [5.41, 5.74) is 0. The van der Waals surface area contributed by atoms with Crippen LogP contribution >= 0.6 is 0 Å². The molecule has 0 unspecified atom stereocenters. The zero-order valence-corrected chi connectivity index (χ0v) is 12.0. The normalized spacial score (nSPS) is 11.3. The predicted molar refractivity (Wildman–Crippen MR) is 76.3 cm³/mol. The molecule has 0 amide bonds. The SMILES string of the molecule is Cc1nncn1CCN(Cc1ccco1)Cc1ccco1. The molecule has 3 aromatic heterocycles. The number of aryl methyl sites for hydroxylation is 1. The van der Waals surface area contributed by atoms with Gasteiger partial charge >= 0.3 is 0 Å². The van der Waals surface area contributed by atoms with Gasteiger partial charge in [0.25, 0.3) is 0 Å². The first-order valence-electron chi connectivity index (χ1n) is 6.93. The van der Waals surface area contributed by atoms with Gasteiger partial charge in [0, 0.05) is 13.1 Å². The number of furan rings is 2. The van der Waals surface area contributed by atoms with Gasteiger partial charge in [-0.1, -0.05) is 0 Å². The Bertz CT molecular complexity index is 607. The van der Waals surface area contributed by atoms with Gasteiger partial charge in [-0.25, -0.2) is 0 Å². The van der Waals surface area contributed by atoms with Crippen molar-refractivity contribution < 1.29 is 8.83 Å². The molecule has 0 fully saturated rings. The van der Waals surface area contributed by atoms with Crippen LogP contribution in [0.3, 0.4) is 0 Å². The second kappa shape index (κ2) is 6.41. The quantitative estimate of drug-likeness (QED) is 0.667. The van der Waals surface area contributed by atoms with E-state index in [1.54, 1.807) is 18.9 Å². The van der Waals surface area contributed by atoms with Crippen LogP contribution in [-0.2, 0) is 19.6 Å². The van der Waals surface area contributed by atoms with Gasteiger partial charge in [-0.05, 0) is 31.2 Å². The fourth-order valence-corrected chi connectivity index (χ4v) is 2.24. The molecule has 0 aliphatic heterocycles. The fourth-order valence-electron chi connectivity index (χ4n) is 2.24. The van der Waals surface area contributed by atoms with Crippen molar-refractivity contribution in [1.82, 2.24) is 19.7 Å². The first-order valence-corrected chi connectivity index (χ1v) is 6.93. The van der Waals surface area contributed by atoms with E-state index in [1.165, 1.54) is 0 Å². The topological polar surface area (TPSA) is 60.2 Å². The molecule has 110 valence electrons. The Labute approximate surface area is 123 Å². The molecule has 6 nitrogen and oxygen atoms in total. The van der Waals surface area contributed by atoms with Crippen LogP contribution in [0.5, 0.6) is 0 Å². The van der Waals surface area contributed by atoms with E-state index in [-0.39, 0.29) is 0 Å². The third-order valence-corrected chi connectivity index (χ3v) is 3.39. The summed E-state index contributed by atoms with van der Waals surface area (Å²) in [4.78, 5) is 2.27. The minimum absolute atomic E-state index is 0.745. The van der Waals surface area contributed by atoms with E-state index in [0.717, 1.165) is 43.5 Å².